The normalized spacial score (nSPS) is 21.8. The maximum atomic E-state index is 6.03. The molecule has 1 atom stereocenters. The number of nitrogens with two attached hydrogens (primary N) is 1. The number of hydrogen-bond donors (Lipinski definition) is 1. The van der Waals surface area contributed by atoms with E-state index >= 15 is 0 Å². The van der Waals surface area contributed by atoms with Crippen LogP contribution in [0.15, 0.2) is 24.3 Å². The van der Waals surface area contributed by atoms with Crippen molar-refractivity contribution in [2.45, 2.75) is 51.9 Å². The second-order valence-corrected chi connectivity index (χ2v) is 6.45. The molecule has 1 aliphatic heterocycles. The quantitative estimate of drug-likeness (QED) is 0.851. The second-order valence-electron chi connectivity index (χ2n) is 6.45. The van der Waals surface area contributed by atoms with Gasteiger partial charge >= 0.3 is 7.12 Å². The lowest BCUT2D eigenvalue weighted by atomic mass is 9.79. The Balaban J connectivity index is 2.12. The minimum absolute atomic E-state index is 0.00973. The van der Waals surface area contributed by atoms with Crippen LogP contribution in [-0.4, -0.2) is 31.0 Å². The molecule has 1 aliphatic rings. The van der Waals surface area contributed by atoms with E-state index in [1.165, 1.54) is 0 Å². The molecule has 0 bridgehead atoms. The Morgan fingerprint density at radius 2 is 1.80 bits per heavy atom. The maximum absolute atomic E-state index is 6.03. The Hall–Kier alpha value is -1.04. The summed E-state index contributed by atoms with van der Waals surface area (Å²) in [6.45, 7) is 10.6. The van der Waals surface area contributed by atoms with Crippen LogP contribution in [-0.2, 0) is 9.31 Å². The first-order valence-corrected chi connectivity index (χ1v) is 7.05. The summed E-state index contributed by atoms with van der Waals surface area (Å²) in [5.74, 6) is 0.787. The van der Waals surface area contributed by atoms with Gasteiger partial charge in [0.15, 0.2) is 0 Å². The molecular weight excluding hydrogens is 253 g/mol. The lowest BCUT2D eigenvalue weighted by molar-refractivity contribution is 0.00578. The average molecular weight is 277 g/mol. The van der Waals surface area contributed by atoms with Crippen LogP contribution in [0, 0.1) is 0 Å². The number of benzene rings is 1. The van der Waals surface area contributed by atoms with E-state index < -0.39 is 0 Å². The summed E-state index contributed by atoms with van der Waals surface area (Å²) in [7, 11) is -0.362. The van der Waals surface area contributed by atoms with Crippen LogP contribution < -0.4 is 15.9 Å². The summed E-state index contributed by atoms with van der Waals surface area (Å²) in [5, 5.41) is 0. The monoisotopic (exact) mass is 277 g/mol. The van der Waals surface area contributed by atoms with Crippen LogP contribution in [0.1, 0.15) is 34.6 Å². The van der Waals surface area contributed by atoms with Crippen molar-refractivity contribution in [2.24, 2.45) is 5.73 Å². The van der Waals surface area contributed by atoms with Gasteiger partial charge in [-0.25, -0.2) is 0 Å². The van der Waals surface area contributed by atoms with E-state index in [-0.39, 0.29) is 24.4 Å². The molecule has 1 fully saturated rings. The number of hydrogen-bond acceptors (Lipinski definition) is 4. The molecule has 0 aromatic heterocycles. The summed E-state index contributed by atoms with van der Waals surface area (Å²) in [4.78, 5) is 0. The lowest BCUT2D eigenvalue weighted by Gasteiger charge is -2.32. The topological polar surface area (TPSA) is 53.7 Å². The Labute approximate surface area is 121 Å². The highest BCUT2D eigenvalue weighted by Gasteiger charge is 2.51. The zero-order valence-corrected chi connectivity index (χ0v) is 13.0. The molecule has 0 spiro atoms. The van der Waals surface area contributed by atoms with E-state index in [2.05, 4.69) is 0 Å². The Kier molecular flexibility index (Phi) is 4.14. The van der Waals surface area contributed by atoms with Gasteiger partial charge in [0.05, 0.1) is 11.2 Å². The first kappa shape index (κ1) is 15.4. The number of rotatable bonds is 4. The van der Waals surface area contributed by atoms with E-state index in [0.717, 1.165) is 11.2 Å². The molecule has 2 rings (SSSR count). The van der Waals surface area contributed by atoms with Gasteiger partial charge in [-0.05, 0) is 52.2 Å². The minimum atomic E-state index is -0.362. The van der Waals surface area contributed by atoms with Gasteiger partial charge < -0.3 is 19.8 Å². The fraction of sp³-hybridized carbons (Fsp3) is 0.600. The minimum Gasteiger partial charge on any atom is -0.492 e. The molecule has 0 radical (unpaired) electrons. The maximum Gasteiger partial charge on any atom is 0.494 e. The number of ether oxygens (including phenoxy) is 1. The van der Waals surface area contributed by atoms with Crippen LogP contribution in [0.25, 0.3) is 0 Å². The zero-order valence-electron chi connectivity index (χ0n) is 13.0. The van der Waals surface area contributed by atoms with Crippen LogP contribution in [0.4, 0.5) is 0 Å². The first-order valence-electron chi connectivity index (χ1n) is 7.05. The molecule has 2 N–H and O–H groups in total. The summed E-state index contributed by atoms with van der Waals surface area (Å²) < 4.78 is 17.7. The molecule has 110 valence electrons. The molecule has 5 heteroatoms. The highest BCUT2D eigenvalue weighted by Crippen LogP contribution is 2.36. The van der Waals surface area contributed by atoms with Crippen molar-refractivity contribution in [3.05, 3.63) is 24.3 Å². The van der Waals surface area contributed by atoms with E-state index in [9.17, 15) is 0 Å². The molecule has 0 aliphatic carbocycles. The van der Waals surface area contributed by atoms with Gasteiger partial charge in [-0.2, -0.15) is 0 Å². The van der Waals surface area contributed by atoms with Crippen molar-refractivity contribution in [1.29, 1.82) is 0 Å². The third kappa shape index (κ3) is 3.16. The van der Waals surface area contributed by atoms with Crippen molar-refractivity contribution < 1.29 is 14.0 Å². The van der Waals surface area contributed by atoms with Gasteiger partial charge in [0, 0.05) is 6.04 Å². The molecule has 0 amide bonds. The summed E-state index contributed by atoms with van der Waals surface area (Å²) in [5.41, 5.74) is 5.99. The van der Waals surface area contributed by atoms with Crippen molar-refractivity contribution in [2.75, 3.05) is 6.61 Å². The predicted octanol–water partition coefficient (Wildman–Crippen LogP) is 1.71. The van der Waals surface area contributed by atoms with Crippen LogP contribution in [0.5, 0.6) is 5.75 Å². The Morgan fingerprint density at radius 3 is 2.35 bits per heavy atom. The van der Waals surface area contributed by atoms with Crippen molar-refractivity contribution in [3.8, 4) is 5.75 Å². The van der Waals surface area contributed by atoms with Gasteiger partial charge in [0.25, 0.3) is 0 Å². The first-order chi connectivity index (χ1) is 9.21. The van der Waals surface area contributed by atoms with Gasteiger partial charge in [-0.1, -0.05) is 12.1 Å². The standard InChI is InChI=1S/C15H24BNO3/c1-11(17)10-18-13-8-6-7-12(9-13)16-19-14(2,3)15(4,5)20-16/h6-9,11H,10,17H2,1-5H3. The van der Waals surface area contributed by atoms with Gasteiger partial charge in [0.2, 0.25) is 0 Å². The predicted molar refractivity (Wildman–Crippen MR) is 81.3 cm³/mol. The van der Waals surface area contributed by atoms with Crippen molar-refractivity contribution in [1.82, 2.24) is 0 Å². The third-order valence-corrected chi connectivity index (χ3v) is 3.90. The molecule has 1 unspecified atom stereocenters. The highest BCUT2D eigenvalue weighted by atomic mass is 16.7. The van der Waals surface area contributed by atoms with Crippen LogP contribution in [0.2, 0.25) is 0 Å². The summed E-state index contributed by atoms with van der Waals surface area (Å²) >= 11 is 0. The molecular formula is C15H24BNO3. The largest absolute Gasteiger partial charge is 0.494 e. The summed E-state index contributed by atoms with van der Waals surface area (Å²) in [6.07, 6.45) is 0. The molecule has 0 saturated carbocycles. The molecule has 1 aromatic rings. The third-order valence-electron chi connectivity index (χ3n) is 3.90. The van der Waals surface area contributed by atoms with E-state index in [1.54, 1.807) is 0 Å². The zero-order chi connectivity index (χ0) is 15.0. The summed E-state index contributed by atoms with van der Waals surface area (Å²) in [6, 6.07) is 7.80. The van der Waals surface area contributed by atoms with Crippen LogP contribution >= 0.6 is 0 Å². The van der Waals surface area contributed by atoms with Gasteiger partial charge in [0.1, 0.15) is 12.4 Å². The van der Waals surface area contributed by atoms with Crippen molar-refractivity contribution in [3.63, 3.8) is 0 Å². The van der Waals surface area contributed by atoms with E-state index in [1.807, 2.05) is 58.9 Å². The fourth-order valence-corrected chi connectivity index (χ4v) is 1.96. The van der Waals surface area contributed by atoms with E-state index in [4.69, 9.17) is 19.8 Å². The molecule has 1 saturated heterocycles. The molecule has 1 heterocycles. The van der Waals surface area contributed by atoms with Crippen LogP contribution in [0.3, 0.4) is 0 Å². The smallest absolute Gasteiger partial charge is 0.492 e. The Bertz CT molecular complexity index is 458. The highest BCUT2D eigenvalue weighted by molar-refractivity contribution is 6.62. The lowest BCUT2D eigenvalue weighted by Crippen LogP contribution is -2.41. The van der Waals surface area contributed by atoms with Crippen molar-refractivity contribution >= 4 is 12.6 Å². The second kappa shape index (κ2) is 5.39. The van der Waals surface area contributed by atoms with E-state index in [0.29, 0.717) is 6.61 Å². The molecule has 4 nitrogen and oxygen atoms in total. The fourth-order valence-electron chi connectivity index (χ4n) is 1.96. The average Bonchev–Trinajstić information content (AvgIpc) is 2.56. The van der Waals surface area contributed by atoms with Gasteiger partial charge in [-0.3, -0.25) is 0 Å². The Morgan fingerprint density at radius 1 is 1.20 bits per heavy atom. The van der Waals surface area contributed by atoms with Gasteiger partial charge in [-0.15, -0.1) is 0 Å². The SMILES string of the molecule is CC(N)COc1cccc(B2OC(C)(C)C(C)(C)O2)c1. The molecule has 20 heavy (non-hydrogen) atoms. The molecule has 1 aromatic carbocycles.